The van der Waals surface area contributed by atoms with Crippen LogP contribution >= 0.6 is 11.8 Å². The van der Waals surface area contributed by atoms with E-state index in [2.05, 4.69) is 41.8 Å². The molecule has 0 aromatic carbocycles. The van der Waals surface area contributed by atoms with Gasteiger partial charge in [0, 0.05) is 26.7 Å². The Morgan fingerprint density at radius 2 is 1.89 bits per heavy atom. The summed E-state index contributed by atoms with van der Waals surface area (Å²) in [6.07, 6.45) is 5.28. The van der Waals surface area contributed by atoms with E-state index in [1.165, 1.54) is 17.5 Å². The van der Waals surface area contributed by atoms with Crippen molar-refractivity contribution in [2.45, 2.75) is 53.6 Å². The van der Waals surface area contributed by atoms with Crippen LogP contribution in [0.4, 0.5) is 4.79 Å². The van der Waals surface area contributed by atoms with E-state index in [1.54, 1.807) is 26.4 Å². The smallest absolute Gasteiger partial charge is 0.433 e. The van der Waals surface area contributed by atoms with Gasteiger partial charge in [-0.3, -0.25) is 19.2 Å². The van der Waals surface area contributed by atoms with Crippen molar-refractivity contribution in [1.29, 1.82) is 0 Å². The molecular formula is C26H39N3O6S. The second-order valence-electron chi connectivity index (χ2n) is 9.70. The van der Waals surface area contributed by atoms with Crippen molar-refractivity contribution in [3.63, 3.8) is 0 Å². The SMILES string of the molecule is C=CCC1=C(C)C(OC(=O)C2C(C=C(C)C)C2(C)C)CC1=O.CNC(=O)ON=C(SC)C(=O)N(C)C. The van der Waals surface area contributed by atoms with Gasteiger partial charge in [0.1, 0.15) is 6.10 Å². The molecule has 1 saturated carbocycles. The van der Waals surface area contributed by atoms with Gasteiger partial charge in [0.05, 0.1) is 12.3 Å². The highest BCUT2D eigenvalue weighted by molar-refractivity contribution is 8.15. The number of ketones is 1. The molecule has 36 heavy (non-hydrogen) atoms. The van der Waals surface area contributed by atoms with Crippen LogP contribution in [0.15, 0.2) is 40.6 Å². The Bertz CT molecular complexity index is 976. The van der Waals surface area contributed by atoms with Crippen molar-refractivity contribution < 1.29 is 28.8 Å². The van der Waals surface area contributed by atoms with Gasteiger partial charge in [0.25, 0.3) is 5.91 Å². The fourth-order valence-electron chi connectivity index (χ4n) is 3.90. The van der Waals surface area contributed by atoms with E-state index >= 15 is 0 Å². The van der Waals surface area contributed by atoms with Crippen LogP contribution in [-0.4, -0.2) is 67.2 Å². The molecule has 2 aliphatic carbocycles. The van der Waals surface area contributed by atoms with E-state index in [1.807, 2.05) is 20.8 Å². The van der Waals surface area contributed by atoms with Gasteiger partial charge >= 0.3 is 12.1 Å². The fraction of sp³-hybridized carbons (Fsp3) is 0.577. The Hall–Kier alpha value is -2.88. The molecule has 9 nitrogen and oxygen atoms in total. The summed E-state index contributed by atoms with van der Waals surface area (Å²) >= 11 is 1.11. The molecule has 2 rings (SSSR count). The number of hydrogen-bond acceptors (Lipinski definition) is 8. The molecule has 0 bridgehead atoms. The summed E-state index contributed by atoms with van der Waals surface area (Å²) < 4.78 is 5.66. The number of nitrogens with one attached hydrogen (secondary N) is 1. The summed E-state index contributed by atoms with van der Waals surface area (Å²) in [5, 5.41) is 5.74. The Labute approximate surface area is 218 Å². The van der Waals surface area contributed by atoms with Crippen molar-refractivity contribution in [3.8, 4) is 0 Å². The molecule has 2 amide bonds. The second kappa shape index (κ2) is 13.4. The lowest BCUT2D eigenvalue weighted by molar-refractivity contribution is -0.150. The van der Waals surface area contributed by atoms with Gasteiger partial charge < -0.3 is 15.0 Å². The number of hydrogen-bond donors (Lipinski definition) is 1. The van der Waals surface area contributed by atoms with Crippen LogP contribution < -0.4 is 5.32 Å². The zero-order valence-corrected chi connectivity index (χ0v) is 23.6. The van der Waals surface area contributed by atoms with Crippen LogP contribution in [0.1, 0.15) is 47.5 Å². The van der Waals surface area contributed by atoms with Crippen LogP contribution in [0.3, 0.4) is 0 Å². The first-order chi connectivity index (χ1) is 16.7. The maximum absolute atomic E-state index is 12.5. The molecule has 3 atom stereocenters. The first-order valence-electron chi connectivity index (χ1n) is 11.6. The van der Waals surface area contributed by atoms with Gasteiger partial charge in [0.15, 0.2) is 5.78 Å². The first-order valence-corrected chi connectivity index (χ1v) is 12.9. The largest absolute Gasteiger partial charge is 0.457 e. The van der Waals surface area contributed by atoms with Crippen molar-refractivity contribution in [2.24, 2.45) is 22.4 Å². The number of ether oxygens (including phenoxy) is 1. The van der Waals surface area contributed by atoms with Crippen LogP contribution in [0.2, 0.25) is 0 Å². The molecule has 0 spiro atoms. The monoisotopic (exact) mass is 521 g/mol. The lowest BCUT2D eigenvalue weighted by Gasteiger charge is -2.13. The van der Waals surface area contributed by atoms with Gasteiger partial charge in [-0.2, -0.15) is 0 Å². The molecule has 0 heterocycles. The van der Waals surface area contributed by atoms with Gasteiger partial charge in [-0.15, -0.1) is 18.3 Å². The summed E-state index contributed by atoms with van der Waals surface area (Å²) in [4.78, 5) is 52.2. The molecule has 2 aliphatic rings. The third-order valence-electron chi connectivity index (χ3n) is 6.15. The summed E-state index contributed by atoms with van der Waals surface area (Å²) in [6.45, 7) is 13.8. The standard InChI is InChI=1S/C19H26O3.C7H13N3O3S/c1-7-8-13-12(4)16(10-15(13)20)22-18(21)17-14(9-11(2)3)19(17,5)6;1-8-7(12)13-9-5(14-4)6(11)10(2)3/h7,9,14,16-17H,1,8,10H2,2-6H3;1-4H3,(H,8,12). The van der Waals surface area contributed by atoms with E-state index in [-0.39, 0.29) is 46.4 Å². The predicted molar refractivity (Wildman–Crippen MR) is 142 cm³/mol. The van der Waals surface area contributed by atoms with E-state index in [4.69, 9.17) is 4.74 Å². The normalized spacial score (nSPS) is 22.1. The fourth-order valence-corrected chi connectivity index (χ4v) is 4.37. The van der Waals surface area contributed by atoms with E-state index in [9.17, 15) is 19.2 Å². The van der Waals surface area contributed by atoms with Crippen molar-refractivity contribution in [2.75, 3.05) is 27.4 Å². The summed E-state index contributed by atoms with van der Waals surface area (Å²) in [6, 6.07) is 0. The number of rotatable bonds is 6. The number of allylic oxidation sites excluding steroid dienone is 4. The summed E-state index contributed by atoms with van der Waals surface area (Å²) in [7, 11) is 4.59. The maximum atomic E-state index is 12.5. The number of carbonyl (C=O) groups excluding carboxylic acids is 4. The van der Waals surface area contributed by atoms with Gasteiger partial charge in [-0.05, 0) is 50.4 Å². The Morgan fingerprint density at radius 3 is 2.36 bits per heavy atom. The predicted octanol–water partition coefficient (Wildman–Crippen LogP) is 4.11. The number of amides is 2. The maximum Gasteiger partial charge on any atom is 0.433 e. The Kier molecular flexibility index (Phi) is 11.6. The third-order valence-corrected chi connectivity index (χ3v) is 6.78. The number of oxime groups is 1. The number of Topliss-reactive ketones (excluding diaryl/α,β-unsaturated/α-hetero) is 1. The molecule has 1 N–H and O–H groups in total. The molecule has 10 heteroatoms. The zero-order valence-electron chi connectivity index (χ0n) is 22.8. The Morgan fingerprint density at radius 1 is 1.28 bits per heavy atom. The molecule has 3 unspecified atom stereocenters. The first kappa shape index (κ1) is 31.2. The topological polar surface area (TPSA) is 114 Å². The lowest BCUT2D eigenvalue weighted by Crippen LogP contribution is -2.28. The number of nitrogens with zero attached hydrogens (tertiary/aromatic N) is 2. The Balaban J connectivity index is 0.000000402. The molecule has 200 valence electrons. The van der Waals surface area contributed by atoms with Crippen LogP contribution in [-0.2, 0) is 24.0 Å². The minimum atomic E-state index is -0.705. The van der Waals surface area contributed by atoms with Gasteiger partial charge in [-0.1, -0.05) is 36.7 Å². The van der Waals surface area contributed by atoms with Gasteiger partial charge in [0.2, 0.25) is 5.04 Å². The average Bonchev–Trinajstić information content (AvgIpc) is 3.23. The summed E-state index contributed by atoms with van der Waals surface area (Å²) in [5.41, 5.74) is 2.80. The minimum Gasteiger partial charge on any atom is -0.457 e. The van der Waals surface area contributed by atoms with E-state index in [0.29, 0.717) is 6.42 Å². The van der Waals surface area contributed by atoms with E-state index < -0.39 is 12.2 Å². The highest BCUT2D eigenvalue weighted by Crippen LogP contribution is 2.60. The minimum absolute atomic E-state index is 0.0570. The van der Waals surface area contributed by atoms with Crippen molar-refractivity contribution >= 4 is 40.6 Å². The van der Waals surface area contributed by atoms with Crippen LogP contribution in [0.25, 0.3) is 0 Å². The molecule has 0 aromatic heterocycles. The van der Waals surface area contributed by atoms with Crippen LogP contribution in [0.5, 0.6) is 0 Å². The number of esters is 1. The molecular weight excluding hydrogens is 482 g/mol. The quantitative estimate of drug-likeness (QED) is 0.140. The molecule has 0 saturated heterocycles. The van der Waals surface area contributed by atoms with Gasteiger partial charge in [-0.25, -0.2) is 4.79 Å². The van der Waals surface area contributed by atoms with E-state index in [0.717, 1.165) is 22.9 Å². The molecule has 1 fully saturated rings. The zero-order chi connectivity index (χ0) is 27.8. The lowest BCUT2D eigenvalue weighted by atomic mass is 10.1. The van der Waals surface area contributed by atoms with Crippen molar-refractivity contribution in [1.82, 2.24) is 10.2 Å². The third kappa shape index (κ3) is 8.08. The molecule has 0 aliphatic heterocycles. The molecule has 0 radical (unpaired) electrons. The second-order valence-corrected chi connectivity index (χ2v) is 10.5. The molecule has 0 aromatic rings. The highest BCUT2D eigenvalue weighted by atomic mass is 32.2. The number of carbonyl (C=O) groups is 4. The highest BCUT2D eigenvalue weighted by Gasteiger charge is 2.61. The van der Waals surface area contributed by atoms with Crippen molar-refractivity contribution in [3.05, 3.63) is 35.5 Å². The summed E-state index contributed by atoms with van der Waals surface area (Å²) in [5.74, 6) is -0.273. The number of thioether (sulfide) groups is 1. The average molecular weight is 522 g/mol. The van der Waals surface area contributed by atoms with Crippen LogP contribution in [0, 0.1) is 17.3 Å².